The zero-order valence-corrected chi connectivity index (χ0v) is 8.92. The van der Waals surface area contributed by atoms with Crippen molar-refractivity contribution in [1.29, 1.82) is 0 Å². The van der Waals surface area contributed by atoms with Crippen molar-refractivity contribution in [3.05, 3.63) is 34.9 Å². The van der Waals surface area contributed by atoms with Gasteiger partial charge in [-0.2, -0.15) is 0 Å². The third-order valence-electron chi connectivity index (χ3n) is 3.11. The van der Waals surface area contributed by atoms with Crippen molar-refractivity contribution in [3.63, 3.8) is 0 Å². The van der Waals surface area contributed by atoms with Gasteiger partial charge in [-0.05, 0) is 30.0 Å². The zero-order valence-electron chi connectivity index (χ0n) is 8.16. The van der Waals surface area contributed by atoms with Crippen molar-refractivity contribution in [2.45, 2.75) is 25.7 Å². The molecule has 1 aliphatic carbocycles. The molecule has 2 atom stereocenters. The Labute approximate surface area is 89.1 Å². The van der Waals surface area contributed by atoms with Gasteiger partial charge in [0.2, 0.25) is 0 Å². The molecule has 1 nitrogen and oxygen atoms in total. The molecule has 1 saturated carbocycles. The quantitative estimate of drug-likeness (QED) is 0.691. The molecule has 2 heteroatoms. The largest absolute Gasteiger partial charge is 0.299 e. The van der Waals surface area contributed by atoms with Crippen LogP contribution < -0.4 is 0 Å². The highest BCUT2D eigenvalue weighted by atomic mass is 35.5. The van der Waals surface area contributed by atoms with Crippen molar-refractivity contribution in [1.82, 2.24) is 0 Å². The number of rotatable bonds is 1. The molecule has 0 N–H and O–H groups in total. The average Bonchev–Trinajstić information content (AvgIpc) is 2.50. The summed E-state index contributed by atoms with van der Waals surface area (Å²) in [6.45, 7) is 2.02. The molecule has 0 heterocycles. The lowest BCUT2D eigenvalue weighted by atomic mass is 9.90. The van der Waals surface area contributed by atoms with Crippen LogP contribution in [0.4, 0.5) is 0 Å². The molecule has 0 bridgehead atoms. The van der Waals surface area contributed by atoms with E-state index in [-0.39, 0.29) is 5.92 Å². The lowest BCUT2D eigenvalue weighted by Gasteiger charge is -2.14. The van der Waals surface area contributed by atoms with Gasteiger partial charge in [-0.25, -0.2) is 0 Å². The molecule has 0 spiro atoms. The summed E-state index contributed by atoms with van der Waals surface area (Å²) in [7, 11) is 0. The average molecular weight is 209 g/mol. The van der Waals surface area contributed by atoms with Crippen LogP contribution in [0.25, 0.3) is 0 Å². The van der Waals surface area contributed by atoms with Crippen molar-refractivity contribution >= 4 is 17.4 Å². The molecule has 0 aliphatic heterocycles. The fourth-order valence-corrected chi connectivity index (χ4v) is 2.29. The SMILES string of the molecule is CC1C(=O)CCC1c1ccc(Cl)cc1. The Morgan fingerprint density at radius 1 is 1.29 bits per heavy atom. The molecule has 2 rings (SSSR count). The van der Waals surface area contributed by atoms with Gasteiger partial charge in [0.05, 0.1) is 0 Å². The number of ketones is 1. The minimum Gasteiger partial charge on any atom is -0.299 e. The molecular weight excluding hydrogens is 196 g/mol. The fraction of sp³-hybridized carbons (Fsp3) is 0.417. The molecular formula is C12H13ClO. The summed E-state index contributed by atoms with van der Waals surface area (Å²) in [6.07, 6.45) is 1.72. The summed E-state index contributed by atoms with van der Waals surface area (Å²) in [4.78, 5) is 11.4. The Morgan fingerprint density at radius 3 is 2.43 bits per heavy atom. The number of halogens is 1. The summed E-state index contributed by atoms with van der Waals surface area (Å²) in [5.74, 6) is 0.973. The highest BCUT2D eigenvalue weighted by Gasteiger charge is 2.31. The van der Waals surface area contributed by atoms with E-state index in [1.54, 1.807) is 0 Å². The van der Waals surface area contributed by atoms with Crippen LogP contribution in [0.5, 0.6) is 0 Å². The molecule has 1 aliphatic rings. The minimum absolute atomic E-state index is 0.177. The van der Waals surface area contributed by atoms with Gasteiger partial charge in [0.1, 0.15) is 5.78 Å². The number of carbonyl (C=O) groups is 1. The third kappa shape index (κ3) is 1.69. The van der Waals surface area contributed by atoms with Gasteiger partial charge in [0, 0.05) is 17.4 Å². The molecule has 0 amide bonds. The molecule has 74 valence electrons. The van der Waals surface area contributed by atoms with E-state index in [4.69, 9.17) is 11.6 Å². The van der Waals surface area contributed by atoms with Gasteiger partial charge in [0.15, 0.2) is 0 Å². The van der Waals surface area contributed by atoms with Gasteiger partial charge >= 0.3 is 0 Å². The summed E-state index contributed by atoms with van der Waals surface area (Å²) >= 11 is 5.82. The summed E-state index contributed by atoms with van der Waals surface area (Å²) in [5.41, 5.74) is 1.24. The molecule has 0 radical (unpaired) electrons. The van der Waals surface area contributed by atoms with Crippen LogP contribution in [0.3, 0.4) is 0 Å². The Balaban J connectivity index is 2.23. The second-order valence-electron chi connectivity index (χ2n) is 3.95. The summed E-state index contributed by atoms with van der Waals surface area (Å²) in [6, 6.07) is 7.85. The standard InChI is InChI=1S/C12H13ClO/c1-8-11(6-7-12(8)14)9-2-4-10(13)5-3-9/h2-5,8,11H,6-7H2,1H3. The normalized spacial score (nSPS) is 26.9. The first-order valence-electron chi connectivity index (χ1n) is 4.96. The predicted molar refractivity (Wildman–Crippen MR) is 57.6 cm³/mol. The third-order valence-corrected chi connectivity index (χ3v) is 3.36. The van der Waals surface area contributed by atoms with E-state index < -0.39 is 0 Å². The maximum atomic E-state index is 11.4. The van der Waals surface area contributed by atoms with Crippen molar-refractivity contribution in [2.24, 2.45) is 5.92 Å². The molecule has 1 aromatic carbocycles. The first-order valence-corrected chi connectivity index (χ1v) is 5.34. The number of carbonyl (C=O) groups excluding carboxylic acids is 1. The number of benzene rings is 1. The summed E-state index contributed by atoms with van der Waals surface area (Å²) < 4.78 is 0. The second-order valence-corrected chi connectivity index (χ2v) is 4.39. The lowest BCUT2D eigenvalue weighted by molar-refractivity contribution is -0.120. The van der Waals surface area contributed by atoms with Crippen LogP contribution in [0.2, 0.25) is 5.02 Å². The monoisotopic (exact) mass is 208 g/mol. The van der Waals surface area contributed by atoms with Crippen molar-refractivity contribution in [2.75, 3.05) is 0 Å². The topological polar surface area (TPSA) is 17.1 Å². The fourth-order valence-electron chi connectivity index (χ4n) is 2.17. The molecule has 14 heavy (non-hydrogen) atoms. The predicted octanol–water partition coefficient (Wildman–Crippen LogP) is 3.42. The zero-order chi connectivity index (χ0) is 10.1. The second kappa shape index (κ2) is 3.74. The van der Waals surface area contributed by atoms with E-state index in [2.05, 4.69) is 0 Å². The molecule has 2 unspecified atom stereocenters. The maximum absolute atomic E-state index is 11.4. The van der Waals surface area contributed by atoms with Crippen LogP contribution in [0.15, 0.2) is 24.3 Å². The molecule has 0 aromatic heterocycles. The van der Waals surface area contributed by atoms with E-state index >= 15 is 0 Å². The Kier molecular flexibility index (Phi) is 2.60. The Bertz CT molecular complexity index is 342. The smallest absolute Gasteiger partial charge is 0.136 e. The molecule has 1 aromatic rings. The van der Waals surface area contributed by atoms with Crippen LogP contribution in [0.1, 0.15) is 31.2 Å². The summed E-state index contributed by atoms with van der Waals surface area (Å²) in [5, 5.41) is 0.755. The van der Waals surface area contributed by atoms with Gasteiger partial charge in [0.25, 0.3) is 0 Å². The number of hydrogen-bond acceptors (Lipinski definition) is 1. The van der Waals surface area contributed by atoms with E-state index in [1.807, 2.05) is 31.2 Å². The van der Waals surface area contributed by atoms with Crippen LogP contribution in [-0.4, -0.2) is 5.78 Å². The minimum atomic E-state index is 0.177. The van der Waals surface area contributed by atoms with Gasteiger partial charge in [-0.3, -0.25) is 4.79 Å². The highest BCUT2D eigenvalue weighted by molar-refractivity contribution is 6.30. The van der Waals surface area contributed by atoms with Crippen LogP contribution >= 0.6 is 11.6 Å². The first kappa shape index (κ1) is 9.72. The van der Waals surface area contributed by atoms with E-state index in [0.29, 0.717) is 11.7 Å². The first-order chi connectivity index (χ1) is 6.68. The number of hydrogen-bond donors (Lipinski definition) is 0. The molecule has 1 fully saturated rings. The van der Waals surface area contributed by atoms with Crippen LogP contribution in [-0.2, 0) is 4.79 Å². The number of Topliss-reactive ketones (excluding diaryl/α,β-unsaturated/α-hetero) is 1. The Morgan fingerprint density at radius 2 is 1.93 bits per heavy atom. The molecule has 0 saturated heterocycles. The lowest BCUT2D eigenvalue weighted by Crippen LogP contribution is -2.08. The van der Waals surface area contributed by atoms with Crippen molar-refractivity contribution in [3.8, 4) is 0 Å². The van der Waals surface area contributed by atoms with Crippen molar-refractivity contribution < 1.29 is 4.79 Å². The van der Waals surface area contributed by atoms with Gasteiger partial charge < -0.3 is 0 Å². The van der Waals surface area contributed by atoms with Crippen LogP contribution in [0, 0.1) is 5.92 Å². The van der Waals surface area contributed by atoms with E-state index in [1.165, 1.54) is 5.56 Å². The van der Waals surface area contributed by atoms with E-state index in [9.17, 15) is 4.79 Å². The highest BCUT2D eigenvalue weighted by Crippen LogP contribution is 2.37. The van der Waals surface area contributed by atoms with E-state index in [0.717, 1.165) is 17.9 Å². The maximum Gasteiger partial charge on any atom is 0.136 e. The Hall–Kier alpha value is -0.820. The van der Waals surface area contributed by atoms with Gasteiger partial charge in [-0.1, -0.05) is 30.7 Å². The van der Waals surface area contributed by atoms with Gasteiger partial charge in [-0.15, -0.1) is 0 Å².